The molecule has 0 N–H and O–H groups in total. The van der Waals surface area contributed by atoms with Gasteiger partial charge in [0.1, 0.15) is 0 Å². The molecule has 0 aliphatic rings. The fourth-order valence-electron chi connectivity index (χ4n) is 4.31. The summed E-state index contributed by atoms with van der Waals surface area (Å²) < 4.78 is 0. The van der Waals surface area contributed by atoms with Gasteiger partial charge in [-0.1, -0.05) is 129 Å². The summed E-state index contributed by atoms with van der Waals surface area (Å²) in [6, 6.07) is 31.3. The highest BCUT2D eigenvalue weighted by atomic mass is 16.2. The van der Waals surface area contributed by atoms with Crippen LogP contribution < -0.4 is 0 Å². The predicted molar refractivity (Wildman–Crippen MR) is 140 cm³/mol. The number of carbonyl (C=O) groups excluding carboxylic acids is 1. The zero-order valence-corrected chi connectivity index (χ0v) is 20.1. The SMILES string of the molecule is CCCCCC(=Cc1ccccc1)CN(C(=O)CCC)C(c1ccccc1)c1ccccc1. The Morgan fingerprint density at radius 1 is 0.727 bits per heavy atom. The Morgan fingerprint density at radius 2 is 1.27 bits per heavy atom. The van der Waals surface area contributed by atoms with E-state index in [1.54, 1.807) is 0 Å². The minimum atomic E-state index is -0.100. The van der Waals surface area contributed by atoms with Crippen LogP contribution in [-0.4, -0.2) is 17.4 Å². The molecule has 0 unspecified atom stereocenters. The van der Waals surface area contributed by atoms with Crippen molar-refractivity contribution in [3.8, 4) is 0 Å². The van der Waals surface area contributed by atoms with Crippen LogP contribution in [0.2, 0.25) is 0 Å². The van der Waals surface area contributed by atoms with E-state index in [1.807, 2.05) is 18.2 Å². The molecule has 0 aliphatic carbocycles. The maximum absolute atomic E-state index is 13.5. The summed E-state index contributed by atoms with van der Waals surface area (Å²) >= 11 is 0. The smallest absolute Gasteiger partial charge is 0.223 e. The van der Waals surface area contributed by atoms with E-state index < -0.39 is 0 Å². The summed E-state index contributed by atoms with van der Waals surface area (Å²) in [6.45, 7) is 4.96. The van der Waals surface area contributed by atoms with Crippen LogP contribution in [0.5, 0.6) is 0 Å². The van der Waals surface area contributed by atoms with Gasteiger partial charge in [-0.3, -0.25) is 4.79 Å². The largest absolute Gasteiger partial charge is 0.328 e. The van der Waals surface area contributed by atoms with E-state index in [9.17, 15) is 4.79 Å². The van der Waals surface area contributed by atoms with Gasteiger partial charge in [0.25, 0.3) is 0 Å². The molecule has 33 heavy (non-hydrogen) atoms. The number of carbonyl (C=O) groups is 1. The van der Waals surface area contributed by atoms with Crippen molar-refractivity contribution in [1.29, 1.82) is 0 Å². The van der Waals surface area contributed by atoms with Crippen molar-refractivity contribution in [2.45, 2.75) is 58.4 Å². The maximum Gasteiger partial charge on any atom is 0.223 e. The van der Waals surface area contributed by atoms with E-state index >= 15 is 0 Å². The summed E-state index contributed by atoms with van der Waals surface area (Å²) in [7, 11) is 0. The Bertz CT molecular complexity index is 940. The molecule has 0 radical (unpaired) electrons. The van der Waals surface area contributed by atoms with Gasteiger partial charge in [0.15, 0.2) is 0 Å². The first-order valence-corrected chi connectivity index (χ1v) is 12.4. The molecule has 0 aliphatic heterocycles. The topological polar surface area (TPSA) is 20.3 Å². The molecule has 0 spiro atoms. The van der Waals surface area contributed by atoms with E-state index in [4.69, 9.17) is 0 Å². The third-order valence-electron chi connectivity index (χ3n) is 5.97. The second-order valence-electron chi connectivity index (χ2n) is 8.67. The van der Waals surface area contributed by atoms with E-state index in [-0.39, 0.29) is 11.9 Å². The van der Waals surface area contributed by atoms with Gasteiger partial charge in [0.05, 0.1) is 6.04 Å². The van der Waals surface area contributed by atoms with Crippen molar-refractivity contribution in [3.05, 3.63) is 113 Å². The number of hydrogen-bond donors (Lipinski definition) is 0. The first-order valence-electron chi connectivity index (χ1n) is 12.4. The van der Waals surface area contributed by atoms with Gasteiger partial charge >= 0.3 is 0 Å². The Labute approximate surface area is 200 Å². The molecule has 3 aromatic rings. The molecule has 0 heterocycles. The molecule has 0 atom stereocenters. The molecule has 0 aromatic heterocycles. The number of unbranched alkanes of at least 4 members (excludes halogenated alkanes) is 2. The highest BCUT2D eigenvalue weighted by Crippen LogP contribution is 2.31. The van der Waals surface area contributed by atoms with E-state index in [2.05, 4.69) is 97.6 Å². The molecular weight excluding hydrogens is 402 g/mol. The average molecular weight is 440 g/mol. The Balaban J connectivity index is 2.02. The van der Waals surface area contributed by atoms with Crippen LogP contribution in [0.25, 0.3) is 6.08 Å². The van der Waals surface area contributed by atoms with Crippen LogP contribution in [0.15, 0.2) is 96.6 Å². The van der Waals surface area contributed by atoms with E-state index in [0.29, 0.717) is 13.0 Å². The maximum atomic E-state index is 13.5. The number of benzene rings is 3. The quantitative estimate of drug-likeness (QED) is 0.261. The second kappa shape index (κ2) is 13.4. The molecule has 2 nitrogen and oxygen atoms in total. The van der Waals surface area contributed by atoms with Crippen LogP contribution in [0, 0.1) is 0 Å². The van der Waals surface area contributed by atoms with Crippen molar-refractivity contribution in [1.82, 2.24) is 4.90 Å². The summed E-state index contributed by atoms with van der Waals surface area (Å²) in [6.07, 6.45) is 8.24. The first kappa shape index (κ1) is 24.5. The van der Waals surface area contributed by atoms with Gasteiger partial charge in [-0.2, -0.15) is 0 Å². The number of nitrogens with zero attached hydrogens (tertiary/aromatic N) is 1. The lowest BCUT2D eigenvalue weighted by Gasteiger charge is -2.34. The minimum absolute atomic E-state index is 0.100. The van der Waals surface area contributed by atoms with Gasteiger partial charge in [0.2, 0.25) is 5.91 Å². The summed E-state index contributed by atoms with van der Waals surface area (Å²) in [5.74, 6) is 0.213. The second-order valence-corrected chi connectivity index (χ2v) is 8.67. The van der Waals surface area contributed by atoms with Crippen molar-refractivity contribution < 1.29 is 4.79 Å². The fraction of sp³-hybridized carbons (Fsp3) is 0.323. The lowest BCUT2D eigenvalue weighted by molar-refractivity contribution is -0.132. The molecule has 0 saturated carbocycles. The number of amides is 1. The monoisotopic (exact) mass is 439 g/mol. The lowest BCUT2D eigenvalue weighted by atomic mass is 9.95. The van der Waals surface area contributed by atoms with E-state index in [0.717, 1.165) is 30.4 Å². The molecule has 172 valence electrons. The molecule has 3 aromatic carbocycles. The highest BCUT2D eigenvalue weighted by molar-refractivity contribution is 5.78. The molecule has 2 heteroatoms. The van der Waals surface area contributed by atoms with Gasteiger partial charge in [-0.15, -0.1) is 0 Å². The fourth-order valence-corrected chi connectivity index (χ4v) is 4.31. The van der Waals surface area contributed by atoms with Gasteiger partial charge in [0, 0.05) is 13.0 Å². The Hall–Kier alpha value is -3.13. The molecular formula is C31H37NO. The molecule has 3 rings (SSSR count). The van der Waals surface area contributed by atoms with Crippen LogP contribution in [0.3, 0.4) is 0 Å². The Morgan fingerprint density at radius 3 is 1.79 bits per heavy atom. The lowest BCUT2D eigenvalue weighted by Crippen LogP contribution is -2.37. The van der Waals surface area contributed by atoms with Crippen molar-refractivity contribution in [3.63, 3.8) is 0 Å². The van der Waals surface area contributed by atoms with Crippen LogP contribution in [-0.2, 0) is 4.79 Å². The van der Waals surface area contributed by atoms with E-state index in [1.165, 1.54) is 24.0 Å². The zero-order chi connectivity index (χ0) is 23.3. The molecule has 0 bridgehead atoms. The van der Waals surface area contributed by atoms with Crippen molar-refractivity contribution in [2.24, 2.45) is 0 Å². The number of hydrogen-bond acceptors (Lipinski definition) is 1. The van der Waals surface area contributed by atoms with Gasteiger partial charge in [-0.25, -0.2) is 0 Å². The third-order valence-corrected chi connectivity index (χ3v) is 5.97. The van der Waals surface area contributed by atoms with Crippen LogP contribution in [0.1, 0.15) is 75.1 Å². The normalized spacial score (nSPS) is 11.5. The summed E-state index contributed by atoms with van der Waals surface area (Å²) in [5.41, 5.74) is 4.82. The summed E-state index contributed by atoms with van der Waals surface area (Å²) in [5, 5.41) is 0. The number of rotatable bonds is 12. The summed E-state index contributed by atoms with van der Waals surface area (Å²) in [4.78, 5) is 15.7. The Kier molecular flexibility index (Phi) is 9.97. The first-order chi connectivity index (χ1) is 16.2. The average Bonchev–Trinajstić information content (AvgIpc) is 2.86. The standard InChI is InChI=1S/C31H37NO/c1-3-5-9-19-27(24-26-17-10-6-11-18-26)25-32(30(33)16-4-2)31(28-20-12-7-13-21-28)29-22-14-8-15-23-29/h6-8,10-15,17-18,20-24,31H,3-5,9,16,19,25H2,1-2H3. The molecule has 0 saturated heterocycles. The van der Waals surface area contributed by atoms with Crippen LogP contribution >= 0.6 is 0 Å². The molecule has 0 fully saturated rings. The van der Waals surface area contributed by atoms with Gasteiger partial charge < -0.3 is 4.90 Å². The van der Waals surface area contributed by atoms with Gasteiger partial charge in [-0.05, 0) is 36.0 Å². The van der Waals surface area contributed by atoms with Crippen molar-refractivity contribution >= 4 is 12.0 Å². The van der Waals surface area contributed by atoms with Crippen molar-refractivity contribution in [2.75, 3.05) is 6.54 Å². The molecule has 1 amide bonds. The predicted octanol–water partition coefficient (Wildman–Crippen LogP) is 8.07. The highest BCUT2D eigenvalue weighted by Gasteiger charge is 2.27. The minimum Gasteiger partial charge on any atom is -0.328 e. The third kappa shape index (κ3) is 7.46. The zero-order valence-electron chi connectivity index (χ0n) is 20.1. The van der Waals surface area contributed by atoms with Crippen LogP contribution in [0.4, 0.5) is 0 Å².